The van der Waals surface area contributed by atoms with E-state index in [9.17, 15) is 9.18 Å². The Balaban J connectivity index is 1.64. The number of fused-ring (bicyclic) bond motifs is 4. The number of hydrogen-bond acceptors (Lipinski definition) is 5. The first-order valence-electron chi connectivity index (χ1n) is 14.4. The number of nitrogens with one attached hydrogen (secondary N) is 2. The quantitative estimate of drug-likeness (QED) is 0.332. The highest BCUT2D eigenvalue weighted by Gasteiger charge is 2.35. The standard InChI is InChI=1S/C31H40FN5O2S/c1-19-21-17-36-26-16-23(35(4)30(38)37(40-5)34-31(2,3)33-19)12-14-24(26)28(20-9-7-6-8-10-20)29(36)25-13-11-22(32)15-27(25)39-18-21/h11-16,19-21,33-34H,6-10,17-18H2,1-5H3/t19?,21-/m0/s1. The van der Waals surface area contributed by atoms with E-state index in [2.05, 4.69) is 40.4 Å². The monoisotopic (exact) mass is 565 g/mol. The molecule has 3 aliphatic rings. The van der Waals surface area contributed by atoms with Gasteiger partial charge in [-0.2, -0.15) is 4.41 Å². The van der Waals surface area contributed by atoms with Gasteiger partial charge in [-0.05, 0) is 81.3 Å². The number of nitrogens with zero attached hydrogens (tertiary/aromatic N) is 3. The molecule has 40 heavy (non-hydrogen) atoms. The molecule has 2 atom stereocenters. The van der Waals surface area contributed by atoms with Gasteiger partial charge in [0.2, 0.25) is 0 Å². The SMILES string of the molecule is CSN1NC(C)(C)NC(C)[C@@H]2COc3cc(F)ccc3-c3c(C4CCCCC4)c4ccc(cc4n3C2)N(C)C1=O. The molecule has 9 heteroatoms. The minimum Gasteiger partial charge on any atom is -0.492 e. The minimum atomic E-state index is -0.583. The average Bonchev–Trinajstić information content (AvgIpc) is 3.24. The molecule has 2 N–H and O–H groups in total. The predicted octanol–water partition coefficient (Wildman–Crippen LogP) is 6.87. The number of anilines is 1. The van der Waals surface area contributed by atoms with Crippen LogP contribution in [-0.4, -0.2) is 46.6 Å². The highest BCUT2D eigenvalue weighted by Crippen LogP contribution is 2.48. The van der Waals surface area contributed by atoms with Crippen molar-refractivity contribution in [2.45, 2.75) is 77.0 Å². The van der Waals surface area contributed by atoms with E-state index in [-0.39, 0.29) is 23.8 Å². The number of ether oxygens (including phenoxy) is 1. The third kappa shape index (κ3) is 4.86. The number of halogens is 1. The first kappa shape index (κ1) is 27.4. The molecule has 3 heterocycles. The third-order valence-corrected chi connectivity index (χ3v) is 9.49. The lowest BCUT2D eigenvalue weighted by molar-refractivity contribution is 0.137. The van der Waals surface area contributed by atoms with Gasteiger partial charge in [0.25, 0.3) is 0 Å². The van der Waals surface area contributed by atoms with Crippen molar-refractivity contribution in [3.63, 3.8) is 0 Å². The molecule has 1 aliphatic carbocycles. The molecule has 2 amide bonds. The van der Waals surface area contributed by atoms with E-state index in [1.165, 1.54) is 48.2 Å². The van der Waals surface area contributed by atoms with E-state index in [1.807, 2.05) is 33.2 Å². The Kier molecular flexibility index (Phi) is 7.25. The lowest BCUT2D eigenvalue weighted by Crippen LogP contribution is -2.63. The fourth-order valence-corrected chi connectivity index (χ4v) is 7.45. The van der Waals surface area contributed by atoms with Crippen molar-refractivity contribution in [3.8, 4) is 17.0 Å². The van der Waals surface area contributed by atoms with Crippen molar-refractivity contribution in [3.05, 3.63) is 47.8 Å². The Bertz CT molecular complexity index is 1430. The van der Waals surface area contributed by atoms with E-state index in [4.69, 9.17) is 4.74 Å². The summed E-state index contributed by atoms with van der Waals surface area (Å²) in [4.78, 5) is 15.4. The predicted molar refractivity (Wildman–Crippen MR) is 161 cm³/mol. The van der Waals surface area contributed by atoms with Crippen LogP contribution in [0.15, 0.2) is 36.4 Å². The second-order valence-electron chi connectivity index (χ2n) is 12.1. The second-order valence-corrected chi connectivity index (χ2v) is 12.8. The van der Waals surface area contributed by atoms with Crippen LogP contribution in [-0.2, 0) is 6.54 Å². The fourth-order valence-electron chi connectivity index (χ4n) is 6.85. The number of urea groups is 1. The lowest BCUT2D eigenvalue weighted by Gasteiger charge is -2.39. The van der Waals surface area contributed by atoms with Crippen LogP contribution < -0.4 is 20.4 Å². The van der Waals surface area contributed by atoms with Crippen LogP contribution in [0.3, 0.4) is 0 Å². The molecule has 4 bridgehead atoms. The van der Waals surface area contributed by atoms with Crippen molar-refractivity contribution >= 4 is 34.6 Å². The largest absolute Gasteiger partial charge is 0.492 e. The molecule has 7 nitrogen and oxygen atoms in total. The molecule has 0 spiro atoms. The first-order chi connectivity index (χ1) is 19.2. The number of carbonyl (C=O) groups excluding carboxylic acids is 1. The zero-order chi connectivity index (χ0) is 28.2. The zero-order valence-electron chi connectivity index (χ0n) is 24.1. The Morgan fingerprint density at radius 2 is 1.88 bits per heavy atom. The molecule has 1 unspecified atom stereocenters. The molecule has 214 valence electrons. The second kappa shape index (κ2) is 10.6. The first-order valence-corrected chi connectivity index (χ1v) is 15.6. The highest BCUT2D eigenvalue weighted by atomic mass is 32.2. The Morgan fingerprint density at radius 3 is 2.62 bits per heavy atom. The van der Waals surface area contributed by atoms with Gasteiger partial charge in [0.05, 0.1) is 23.5 Å². The van der Waals surface area contributed by atoms with E-state index < -0.39 is 5.66 Å². The van der Waals surface area contributed by atoms with Gasteiger partial charge in [0.1, 0.15) is 11.6 Å². The molecule has 6 rings (SSSR count). The van der Waals surface area contributed by atoms with Gasteiger partial charge in [-0.15, -0.1) is 0 Å². The molecule has 0 saturated heterocycles. The van der Waals surface area contributed by atoms with Gasteiger partial charge >= 0.3 is 6.03 Å². The Hall–Kier alpha value is -2.75. The Labute approximate surface area is 240 Å². The van der Waals surface area contributed by atoms with Crippen molar-refractivity contribution in [2.75, 3.05) is 24.8 Å². The van der Waals surface area contributed by atoms with Crippen molar-refractivity contribution < 1.29 is 13.9 Å². The van der Waals surface area contributed by atoms with Crippen molar-refractivity contribution in [2.24, 2.45) is 5.92 Å². The summed E-state index contributed by atoms with van der Waals surface area (Å²) in [6.07, 6.45) is 7.89. The topological polar surface area (TPSA) is 61.8 Å². The summed E-state index contributed by atoms with van der Waals surface area (Å²) in [6.45, 7) is 7.43. The van der Waals surface area contributed by atoms with Crippen molar-refractivity contribution in [1.29, 1.82) is 0 Å². The van der Waals surface area contributed by atoms with Gasteiger partial charge in [0.15, 0.2) is 0 Å². The molecule has 1 aromatic heterocycles. The number of amides is 2. The minimum absolute atomic E-state index is 0.0292. The summed E-state index contributed by atoms with van der Waals surface area (Å²) in [5.74, 6) is 0.824. The zero-order valence-corrected chi connectivity index (χ0v) is 24.9. The van der Waals surface area contributed by atoms with Crippen LogP contribution in [0.1, 0.15) is 64.4 Å². The fraction of sp³-hybridized carbons (Fsp3) is 0.516. The normalized spacial score (nSPS) is 23.7. The molecule has 1 saturated carbocycles. The molecule has 2 aromatic carbocycles. The van der Waals surface area contributed by atoms with E-state index >= 15 is 0 Å². The number of hydrogen-bond donors (Lipinski definition) is 2. The molecule has 2 aliphatic heterocycles. The van der Waals surface area contributed by atoms with Gasteiger partial charge in [-0.1, -0.05) is 25.3 Å². The molecular formula is C31H40FN5O2S. The van der Waals surface area contributed by atoms with Gasteiger partial charge in [0, 0.05) is 54.5 Å². The smallest absolute Gasteiger partial charge is 0.349 e. The van der Waals surface area contributed by atoms with Crippen LogP contribution in [0, 0.1) is 11.7 Å². The van der Waals surface area contributed by atoms with Gasteiger partial charge in [-0.3, -0.25) is 10.2 Å². The molecule has 1 fully saturated rings. The average molecular weight is 566 g/mol. The number of hydrazine groups is 1. The van der Waals surface area contributed by atoms with E-state index in [1.54, 1.807) is 15.4 Å². The summed E-state index contributed by atoms with van der Waals surface area (Å²) in [6, 6.07) is 11.3. The number of carbonyl (C=O) groups is 1. The summed E-state index contributed by atoms with van der Waals surface area (Å²) >= 11 is 1.34. The maximum atomic E-state index is 14.6. The van der Waals surface area contributed by atoms with Gasteiger partial charge in [-0.25, -0.2) is 14.6 Å². The molecule has 0 radical (unpaired) electrons. The van der Waals surface area contributed by atoms with Crippen LogP contribution in [0.2, 0.25) is 0 Å². The van der Waals surface area contributed by atoms with E-state index in [0.29, 0.717) is 18.3 Å². The summed E-state index contributed by atoms with van der Waals surface area (Å²) in [5.41, 5.74) is 8.17. The van der Waals surface area contributed by atoms with Crippen LogP contribution >= 0.6 is 11.9 Å². The summed E-state index contributed by atoms with van der Waals surface area (Å²) in [5, 5.41) is 4.93. The van der Waals surface area contributed by atoms with E-state index in [0.717, 1.165) is 41.8 Å². The molecular weight excluding hydrogens is 525 g/mol. The van der Waals surface area contributed by atoms with Crippen LogP contribution in [0.4, 0.5) is 14.9 Å². The maximum absolute atomic E-state index is 14.6. The Morgan fingerprint density at radius 1 is 1.10 bits per heavy atom. The van der Waals surface area contributed by atoms with Crippen LogP contribution in [0.5, 0.6) is 5.75 Å². The highest BCUT2D eigenvalue weighted by molar-refractivity contribution is 7.96. The number of aromatic nitrogens is 1. The van der Waals surface area contributed by atoms with Gasteiger partial charge < -0.3 is 9.30 Å². The molecule has 3 aromatic rings. The number of rotatable bonds is 2. The van der Waals surface area contributed by atoms with Crippen molar-refractivity contribution in [1.82, 2.24) is 19.7 Å². The summed E-state index contributed by atoms with van der Waals surface area (Å²) in [7, 11) is 1.82. The number of benzene rings is 2. The summed E-state index contributed by atoms with van der Waals surface area (Å²) < 4.78 is 25.1. The lowest BCUT2D eigenvalue weighted by atomic mass is 9.81. The maximum Gasteiger partial charge on any atom is 0.349 e. The van der Waals surface area contributed by atoms with Crippen LogP contribution in [0.25, 0.3) is 22.2 Å². The third-order valence-electron chi connectivity index (χ3n) is 8.88.